The summed E-state index contributed by atoms with van der Waals surface area (Å²) in [4.78, 5) is 24.4. The van der Waals surface area contributed by atoms with Gasteiger partial charge in [0.25, 0.3) is 0 Å². The summed E-state index contributed by atoms with van der Waals surface area (Å²) < 4.78 is 19.2. The van der Waals surface area contributed by atoms with E-state index in [1.807, 2.05) is 6.92 Å². The Labute approximate surface area is 105 Å². The first-order valence-corrected chi connectivity index (χ1v) is 6.23. The van der Waals surface area contributed by atoms with E-state index in [1.54, 1.807) is 0 Å². The molecule has 2 aliphatic rings. The molecule has 0 aromatic heterocycles. The van der Waals surface area contributed by atoms with Gasteiger partial charge in [-0.2, -0.15) is 0 Å². The molecule has 0 aromatic carbocycles. The van der Waals surface area contributed by atoms with Gasteiger partial charge in [-0.15, -0.1) is 0 Å². The molecule has 1 N–H and O–H groups in total. The fraction of sp³-hybridized carbons (Fsp3) is 0.833. The third kappa shape index (κ3) is 2.21. The first-order valence-electron chi connectivity index (χ1n) is 6.23. The van der Waals surface area contributed by atoms with Crippen molar-refractivity contribution >= 4 is 11.9 Å². The number of carboxylic acid groups (broad SMARTS) is 1. The SMILES string of the molecule is CCOCC1(C(=O)N2CCC(F)(C(=O)O)C2)CC1. The van der Waals surface area contributed by atoms with Gasteiger partial charge >= 0.3 is 5.97 Å². The maximum Gasteiger partial charge on any atom is 0.343 e. The molecule has 1 atom stereocenters. The zero-order valence-electron chi connectivity index (χ0n) is 10.4. The number of likely N-dealkylation sites (tertiary alicyclic amines) is 1. The largest absolute Gasteiger partial charge is 0.479 e. The smallest absolute Gasteiger partial charge is 0.343 e. The van der Waals surface area contributed by atoms with Gasteiger partial charge in [-0.05, 0) is 19.8 Å². The molecule has 1 saturated heterocycles. The lowest BCUT2D eigenvalue weighted by atomic mass is 10.1. The molecular formula is C12H18FNO4. The Morgan fingerprint density at radius 2 is 2.06 bits per heavy atom. The second-order valence-corrected chi connectivity index (χ2v) is 5.16. The molecule has 0 bridgehead atoms. The average Bonchev–Trinajstić information content (AvgIpc) is 3.02. The van der Waals surface area contributed by atoms with E-state index in [0.717, 1.165) is 12.8 Å². The lowest BCUT2D eigenvalue weighted by Gasteiger charge is -2.23. The summed E-state index contributed by atoms with van der Waals surface area (Å²) in [5, 5.41) is 8.79. The number of amides is 1. The van der Waals surface area contributed by atoms with E-state index < -0.39 is 17.1 Å². The highest BCUT2D eigenvalue weighted by molar-refractivity contribution is 5.87. The van der Waals surface area contributed by atoms with Crippen LogP contribution in [0.15, 0.2) is 0 Å². The number of carbonyl (C=O) groups is 2. The first kappa shape index (κ1) is 13.3. The Kier molecular flexibility index (Phi) is 3.31. The highest BCUT2D eigenvalue weighted by Crippen LogP contribution is 2.48. The van der Waals surface area contributed by atoms with Crippen molar-refractivity contribution in [2.45, 2.75) is 31.9 Å². The molecule has 18 heavy (non-hydrogen) atoms. The Balaban J connectivity index is 1.98. The van der Waals surface area contributed by atoms with E-state index in [2.05, 4.69) is 0 Å². The minimum atomic E-state index is -2.28. The van der Waals surface area contributed by atoms with Crippen molar-refractivity contribution in [3.05, 3.63) is 0 Å². The molecule has 102 valence electrons. The van der Waals surface area contributed by atoms with Crippen molar-refractivity contribution in [3.63, 3.8) is 0 Å². The number of halogens is 1. The van der Waals surface area contributed by atoms with Crippen molar-refractivity contribution in [2.24, 2.45) is 5.41 Å². The maximum absolute atomic E-state index is 13.9. The van der Waals surface area contributed by atoms with Gasteiger partial charge in [-0.25, -0.2) is 9.18 Å². The molecule has 2 fully saturated rings. The number of alkyl halides is 1. The molecule has 1 saturated carbocycles. The number of nitrogens with zero attached hydrogens (tertiary/aromatic N) is 1. The third-order valence-electron chi connectivity index (χ3n) is 3.78. The minimum absolute atomic E-state index is 0.126. The van der Waals surface area contributed by atoms with Crippen LogP contribution in [0, 0.1) is 5.41 Å². The van der Waals surface area contributed by atoms with Crippen molar-refractivity contribution in [3.8, 4) is 0 Å². The molecule has 1 heterocycles. The number of hydrogen-bond acceptors (Lipinski definition) is 3. The van der Waals surface area contributed by atoms with E-state index in [4.69, 9.17) is 9.84 Å². The van der Waals surface area contributed by atoms with Crippen LogP contribution in [0.3, 0.4) is 0 Å². The Hall–Kier alpha value is -1.17. The lowest BCUT2D eigenvalue weighted by Crippen LogP contribution is -2.42. The molecule has 0 radical (unpaired) electrons. The Morgan fingerprint density at radius 1 is 1.39 bits per heavy atom. The van der Waals surface area contributed by atoms with E-state index in [1.165, 1.54) is 4.90 Å². The highest BCUT2D eigenvalue weighted by atomic mass is 19.1. The minimum Gasteiger partial charge on any atom is -0.479 e. The van der Waals surface area contributed by atoms with Gasteiger partial charge in [0.2, 0.25) is 11.6 Å². The first-order chi connectivity index (χ1) is 8.43. The average molecular weight is 259 g/mol. The Bertz CT molecular complexity index is 369. The van der Waals surface area contributed by atoms with Crippen LogP contribution >= 0.6 is 0 Å². The number of carbonyl (C=O) groups excluding carboxylic acids is 1. The molecule has 1 unspecified atom stereocenters. The molecule has 2 rings (SSSR count). The summed E-state index contributed by atoms with van der Waals surface area (Å²) >= 11 is 0. The number of carboxylic acids is 1. The number of aliphatic carboxylic acids is 1. The predicted molar refractivity (Wildman–Crippen MR) is 60.8 cm³/mol. The molecular weight excluding hydrogens is 241 g/mol. The van der Waals surface area contributed by atoms with Crippen molar-refractivity contribution in [1.29, 1.82) is 0 Å². The van der Waals surface area contributed by atoms with E-state index >= 15 is 0 Å². The predicted octanol–water partition coefficient (Wildman–Crippen LogP) is 0.828. The zero-order chi connectivity index (χ0) is 13.4. The summed E-state index contributed by atoms with van der Waals surface area (Å²) in [5.41, 5.74) is -2.79. The molecule has 5 nitrogen and oxygen atoms in total. The van der Waals surface area contributed by atoms with Gasteiger partial charge in [-0.3, -0.25) is 4.79 Å². The van der Waals surface area contributed by atoms with Crippen LogP contribution in [0.4, 0.5) is 4.39 Å². The van der Waals surface area contributed by atoms with E-state index in [-0.39, 0.29) is 25.4 Å². The summed E-state index contributed by atoms with van der Waals surface area (Å²) in [6.07, 6.45) is 1.36. The summed E-state index contributed by atoms with van der Waals surface area (Å²) in [7, 11) is 0. The Morgan fingerprint density at radius 3 is 2.50 bits per heavy atom. The van der Waals surface area contributed by atoms with Crippen molar-refractivity contribution in [1.82, 2.24) is 4.90 Å². The van der Waals surface area contributed by atoms with Gasteiger partial charge < -0.3 is 14.7 Å². The molecule has 1 amide bonds. The molecule has 0 aromatic rings. The number of rotatable bonds is 5. The fourth-order valence-corrected chi connectivity index (χ4v) is 2.32. The number of hydrogen-bond donors (Lipinski definition) is 1. The maximum atomic E-state index is 13.9. The standard InChI is InChI=1S/C12H18FNO4/c1-2-18-8-11(3-4-11)9(15)14-6-5-12(13,7-14)10(16)17/h2-8H2,1H3,(H,16,17). The van der Waals surface area contributed by atoms with E-state index in [9.17, 15) is 14.0 Å². The van der Waals surface area contributed by atoms with Crippen LogP contribution in [0.25, 0.3) is 0 Å². The lowest BCUT2D eigenvalue weighted by molar-refractivity contribution is -0.150. The van der Waals surface area contributed by atoms with E-state index in [0.29, 0.717) is 13.2 Å². The highest BCUT2D eigenvalue weighted by Gasteiger charge is 2.56. The molecule has 1 aliphatic heterocycles. The normalized spacial score (nSPS) is 29.3. The van der Waals surface area contributed by atoms with Crippen LogP contribution in [0.5, 0.6) is 0 Å². The monoisotopic (exact) mass is 259 g/mol. The third-order valence-corrected chi connectivity index (χ3v) is 3.78. The van der Waals surface area contributed by atoms with Crippen LogP contribution < -0.4 is 0 Å². The fourth-order valence-electron chi connectivity index (χ4n) is 2.32. The molecule has 1 aliphatic carbocycles. The van der Waals surface area contributed by atoms with Crippen molar-refractivity contribution in [2.75, 3.05) is 26.3 Å². The molecule has 0 spiro atoms. The number of ether oxygens (including phenoxy) is 1. The van der Waals surface area contributed by atoms with Crippen LogP contribution in [-0.2, 0) is 14.3 Å². The molecule has 6 heteroatoms. The summed E-state index contributed by atoms with van der Waals surface area (Å²) in [6, 6.07) is 0. The van der Waals surface area contributed by atoms with Crippen LogP contribution in [0.2, 0.25) is 0 Å². The zero-order valence-corrected chi connectivity index (χ0v) is 10.4. The van der Waals surface area contributed by atoms with Crippen molar-refractivity contribution < 1.29 is 23.8 Å². The van der Waals surface area contributed by atoms with Gasteiger partial charge in [0, 0.05) is 19.6 Å². The topological polar surface area (TPSA) is 66.8 Å². The van der Waals surface area contributed by atoms with Crippen LogP contribution in [0.1, 0.15) is 26.2 Å². The van der Waals surface area contributed by atoms with Gasteiger partial charge in [-0.1, -0.05) is 0 Å². The summed E-state index contributed by atoms with van der Waals surface area (Å²) in [5.74, 6) is -1.64. The van der Waals surface area contributed by atoms with Gasteiger partial charge in [0.15, 0.2) is 0 Å². The van der Waals surface area contributed by atoms with Gasteiger partial charge in [0.05, 0.1) is 18.6 Å². The second kappa shape index (κ2) is 4.50. The van der Waals surface area contributed by atoms with Gasteiger partial charge in [0.1, 0.15) is 0 Å². The quantitative estimate of drug-likeness (QED) is 0.794. The second-order valence-electron chi connectivity index (χ2n) is 5.16. The summed E-state index contributed by atoms with van der Waals surface area (Å²) in [6.45, 7) is 2.58. The van der Waals surface area contributed by atoms with Crippen LogP contribution in [-0.4, -0.2) is 53.9 Å².